The smallest absolute Gasteiger partial charge is 0.0723 e. The van der Waals surface area contributed by atoms with E-state index in [0.717, 1.165) is 35.3 Å². The summed E-state index contributed by atoms with van der Waals surface area (Å²) in [6.45, 7) is 1.28. The predicted octanol–water partition coefficient (Wildman–Crippen LogP) is 3.63. The third kappa shape index (κ3) is 2.60. The van der Waals surface area contributed by atoms with Crippen LogP contribution in [0.1, 0.15) is 25.7 Å². The molecule has 1 aromatic heterocycles. The highest BCUT2D eigenvalue weighted by molar-refractivity contribution is 6.31. The molecule has 106 valence electrons. The molecule has 1 atom stereocenters. The fourth-order valence-corrected chi connectivity index (χ4v) is 3.29. The lowest BCUT2D eigenvalue weighted by atomic mass is 9.98. The maximum absolute atomic E-state index is 9.28. The van der Waals surface area contributed by atoms with Gasteiger partial charge in [0.2, 0.25) is 0 Å². The number of fused-ring (bicyclic) bond motifs is 1. The molecule has 0 bridgehead atoms. The van der Waals surface area contributed by atoms with Crippen LogP contribution >= 0.6 is 11.6 Å². The molecule has 0 spiro atoms. The van der Waals surface area contributed by atoms with Crippen LogP contribution in [-0.2, 0) is 0 Å². The molecule has 0 aliphatic carbocycles. The summed E-state index contributed by atoms with van der Waals surface area (Å²) in [4.78, 5) is 6.83. The van der Waals surface area contributed by atoms with Crippen LogP contribution in [0.2, 0.25) is 5.02 Å². The van der Waals surface area contributed by atoms with Gasteiger partial charge in [-0.1, -0.05) is 11.6 Å². The van der Waals surface area contributed by atoms with Gasteiger partial charge in [0.05, 0.1) is 5.52 Å². The van der Waals surface area contributed by atoms with Crippen molar-refractivity contribution in [1.29, 1.82) is 0 Å². The highest BCUT2D eigenvalue weighted by atomic mass is 35.5. The van der Waals surface area contributed by atoms with Crippen LogP contribution in [0.3, 0.4) is 0 Å². The van der Waals surface area contributed by atoms with Crippen LogP contribution in [0.5, 0.6) is 0 Å². The third-order valence-corrected chi connectivity index (χ3v) is 4.31. The van der Waals surface area contributed by atoms with E-state index in [1.165, 1.54) is 18.5 Å². The lowest BCUT2D eigenvalue weighted by Gasteiger charge is -2.38. The summed E-state index contributed by atoms with van der Waals surface area (Å²) < 4.78 is 0. The number of nitrogens with zero attached hydrogens (tertiary/aromatic N) is 2. The van der Waals surface area contributed by atoms with Crippen molar-refractivity contribution in [2.24, 2.45) is 0 Å². The van der Waals surface area contributed by atoms with Gasteiger partial charge in [-0.05, 0) is 49.9 Å². The second-order valence-corrected chi connectivity index (χ2v) is 5.78. The SMILES string of the molecule is OCCC1CCCCN1c1ccnc2ccc(Cl)cc12. The van der Waals surface area contributed by atoms with Gasteiger partial charge in [-0.3, -0.25) is 4.98 Å². The van der Waals surface area contributed by atoms with Crippen molar-refractivity contribution in [3.05, 3.63) is 35.5 Å². The molecule has 2 aromatic rings. The summed E-state index contributed by atoms with van der Waals surface area (Å²) in [7, 11) is 0. The minimum Gasteiger partial charge on any atom is -0.396 e. The number of anilines is 1. The van der Waals surface area contributed by atoms with E-state index < -0.39 is 0 Å². The van der Waals surface area contributed by atoms with E-state index in [1.807, 2.05) is 24.4 Å². The van der Waals surface area contributed by atoms with Crippen molar-refractivity contribution in [3.8, 4) is 0 Å². The largest absolute Gasteiger partial charge is 0.396 e. The van der Waals surface area contributed by atoms with Crippen LogP contribution in [0, 0.1) is 0 Å². The number of rotatable bonds is 3. The van der Waals surface area contributed by atoms with E-state index in [9.17, 15) is 5.11 Å². The monoisotopic (exact) mass is 290 g/mol. The molecule has 1 aromatic carbocycles. The van der Waals surface area contributed by atoms with Gasteiger partial charge in [-0.15, -0.1) is 0 Å². The molecule has 1 unspecified atom stereocenters. The standard InChI is InChI=1S/C16H19ClN2O/c17-12-4-5-15-14(11-12)16(6-8-18-15)19-9-2-1-3-13(19)7-10-20/h4-6,8,11,13,20H,1-3,7,9-10H2. The first-order valence-electron chi connectivity index (χ1n) is 7.21. The number of hydrogen-bond donors (Lipinski definition) is 1. The summed E-state index contributed by atoms with van der Waals surface area (Å²) in [6, 6.07) is 8.31. The molecular formula is C16H19ClN2O. The number of piperidine rings is 1. The maximum atomic E-state index is 9.28. The molecule has 4 heteroatoms. The van der Waals surface area contributed by atoms with Crippen molar-refractivity contribution in [3.63, 3.8) is 0 Å². The Morgan fingerprint density at radius 2 is 2.20 bits per heavy atom. The van der Waals surface area contributed by atoms with E-state index in [-0.39, 0.29) is 6.61 Å². The lowest BCUT2D eigenvalue weighted by molar-refractivity contribution is 0.262. The summed E-state index contributed by atoms with van der Waals surface area (Å²) >= 11 is 6.14. The topological polar surface area (TPSA) is 36.4 Å². The summed E-state index contributed by atoms with van der Waals surface area (Å²) in [5.74, 6) is 0. The molecule has 1 saturated heterocycles. The van der Waals surface area contributed by atoms with Gasteiger partial charge < -0.3 is 10.0 Å². The van der Waals surface area contributed by atoms with Gasteiger partial charge in [0.25, 0.3) is 0 Å². The Morgan fingerprint density at radius 1 is 1.30 bits per heavy atom. The van der Waals surface area contributed by atoms with Gasteiger partial charge in [0.1, 0.15) is 0 Å². The molecule has 1 N–H and O–H groups in total. The predicted molar refractivity (Wildman–Crippen MR) is 83.4 cm³/mol. The van der Waals surface area contributed by atoms with Crippen LogP contribution in [0.4, 0.5) is 5.69 Å². The molecule has 1 fully saturated rings. The maximum Gasteiger partial charge on any atom is 0.0723 e. The number of pyridine rings is 1. The normalized spacial score (nSPS) is 19.5. The first-order chi connectivity index (χ1) is 9.79. The Bertz CT molecular complexity index is 600. The van der Waals surface area contributed by atoms with Gasteiger partial charge in [-0.2, -0.15) is 0 Å². The van der Waals surface area contributed by atoms with Crippen LogP contribution in [-0.4, -0.2) is 29.3 Å². The first kappa shape index (κ1) is 13.7. The number of benzene rings is 1. The van der Waals surface area contributed by atoms with Crippen molar-refractivity contribution in [1.82, 2.24) is 4.98 Å². The zero-order valence-corrected chi connectivity index (χ0v) is 12.2. The number of aromatic nitrogens is 1. The van der Waals surface area contributed by atoms with Crippen LogP contribution in [0.25, 0.3) is 10.9 Å². The zero-order valence-electron chi connectivity index (χ0n) is 11.4. The first-order valence-corrected chi connectivity index (χ1v) is 7.59. The summed E-state index contributed by atoms with van der Waals surface area (Å²) in [5.41, 5.74) is 2.16. The second kappa shape index (κ2) is 5.98. The second-order valence-electron chi connectivity index (χ2n) is 5.35. The van der Waals surface area contributed by atoms with Crippen LogP contribution in [0.15, 0.2) is 30.5 Å². The van der Waals surface area contributed by atoms with Gasteiger partial charge in [0.15, 0.2) is 0 Å². The number of aliphatic hydroxyl groups is 1. The zero-order chi connectivity index (χ0) is 13.9. The Hall–Kier alpha value is -1.32. The minimum atomic E-state index is 0.241. The van der Waals surface area contributed by atoms with Gasteiger partial charge in [-0.25, -0.2) is 0 Å². The minimum absolute atomic E-state index is 0.241. The Kier molecular flexibility index (Phi) is 4.08. The van der Waals surface area contributed by atoms with Crippen molar-refractivity contribution >= 4 is 28.2 Å². The van der Waals surface area contributed by atoms with E-state index >= 15 is 0 Å². The van der Waals surface area contributed by atoms with Crippen molar-refractivity contribution in [2.45, 2.75) is 31.7 Å². The number of aliphatic hydroxyl groups excluding tert-OH is 1. The number of halogens is 1. The van der Waals surface area contributed by atoms with E-state index in [0.29, 0.717) is 6.04 Å². The molecule has 0 amide bonds. The Labute approximate surface area is 124 Å². The molecule has 3 rings (SSSR count). The van der Waals surface area contributed by atoms with Gasteiger partial charge in [0, 0.05) is 41.5 Å². The van der Waals surface area contributed by atoms with E-state index in [1.54, 1.807) is 0 Å². The Balaban J connectivity index is 2.05. The fraction of sp³-hybridized carbons (Fsp3) is 0.438. The van der Waals surface area contributed by atoms with Crippen molar-refractivity contribution < 1.29 is 5.11 Å². The van der Waals surface area contributed by atoms with Gasteiger partial charge >= 0.3 is 0 Å². The average Bonchev–Trinajstić information content (AvgIpc) is 2.48. The van der Waals surface area contributed by atoms with E-state index in [4.69, 9.17) is 11.6 Å². The highest BCUT2D eigenvalue weighted by Crippen LogP contribution is 2.32. The quantitative estimate of drug-likeness (QED) is 0.938. The van der Waals surface area contributed by atoms with Crippen molar-refractivity contribution in [2.75, 3.05) is 18.1 Å². The molecule has 0 radical (unpaired) electrons. The molecule has 3 nitrogen and oxygen atoms in total. The van der Waals surface area contributed by atoms with E-state index in [2.05, 4.69) is 16.0 Å². The Morgan fingerprint density at radius 3 is 3.05 bits per heavy atom. The lowest BCUT2D eigenvalue weighted by Crippen LogP contribution is -2.40. The molecule has 1 aliphatic rings. The molecular weight excluding hydrogens is 272 g/mol. The third-order valence-electron chi connectivity index (χ3n) is 4.08. The highest BCUT2D eigenvalue weighted by Gasteiger charge is 2.23. The average molecular weight is 291 g/mol. The molecule has 20 heavy (non-hydrogen) atoms. The molecule has 0 saturated carbocycles. The summed E-state index contributed by atoms with van der Waals surface area (Å²) in [5, 5.41) is 11.1. The fourth-order valence-electron chi connectivity index (χ4n) is 3.12. The summed E-state index contributed by atoms with van der Waals surface area (Å²) in [6.07, 6.45) is 6.27. The number of hydrogen-bond acceptors (Lipinski definition) is 3. The molecule has 1 aliphatic heterocycles. The van der Waals surface area contributed by atoms with Crippen LogP contribution < -0.4 is 4.90 Å². The molecule has 2 heterocycles.